The number of carbonyl (C=O) groups excluding carboxylic acids is 1. The van der Waals surface area contributed by atoms with Crippen LogP contribution in [0.2, 0.25) is 0 Å². The van der Waals surface area contributed by atoms with Gasteiger partial charge in [-0.3, -0.25) is 10.6 Å². The van der Waals surface area contributed by atoms with Gasteiger partial charge in [0.05, 0.1) is 23.9 Å². The van der Waals surface area contributed by atoms with Crippen molar-refractivity contribution in [2.45, 2.75) is 26.8 Å². The first-order valence-corrected chi connectivity index (χ1v) is 6.42. The molecule has 1 amide bonds. The number of nitrogens with one attached hydrogen (secondary N) is 1. The van der Waals surface area contributed by atoms with Crippen molar-refractivity contribution in [1.82, 2.24) is 4.90 Å². The number of hydrazine groups is 1. The van der Waals surface area contributed by atoms with Gasteiger partial charge >= 0.3 is 0 Å². The minimum atomic E-state index is -0.0417. The van der Waals surface area contributed by atoms with Crippen molar-refractivity contribution in [3.63, 3.8) is 0 Å². The van der Waals surface area contributed by atoms with Gasteiger partial charge < -0.3 is 15.1 Å². The SMILES string of the molecule is CCN(C(=O)c1ccc(C)cc1NN)C(C)COC. The van der Waals surface area contributed by atoms with Crippen LogP contribution in [0.15, 0.2) is 18.2 Å². The van der Waals surface area contributed by atoms with E-state index in [0.717, 1.165) is 5.56 Å². The Hall–Kier alpha value is -1.59. The number of aryl methyl sites for hydroxylation is 1. The number of nitrogens with two attached hydrogens (primary N) is 1. The molecule has 1 unspecified atom stereocenters. The quantitative estimate of drug-likeness (QED) is 0.607. The van der Waals surface area contributed by atoms with E-state index in [0.29, 0.717) is 24.4 Å². The lowest BCUT2D eigenvalue weighted by molar-refractivity contribution is 0.0580. The molecule has 106 valence electrons. The highest BCUT2D eigenvalue weighted by atomic mass is 16.5. The van der Waals surface area contributed by atoms with E-state index >= 15 is 0 Å². The van der Waals surface area contributed by atoms with Crippen molar-refractivity contribution < 1.29 is 9.53 Å². The van der Waals surface area contributed by atoms with Gasteiger partial charge in [0, 0.05) is 13.7 Å². The number of carbonyl (C=O) groups is 1. The van der Waals surface area contributed by atoms with E-state index in [1.54, 1.807) is 18.1 Å². The summed E-state index contributed by atoms with van der Waals surface area (Å²) in [4.78, 5) is 14.3. The third-order valence-corrected chi connectivity index (χ3v) is 3.10. The summed E-state index contributed by atoms with van der Waals surface area (Å²) in [5.74, 6) is 5.45. The molecule has 0 aliphatic rings. The fourth-order valence-electron chi connectivity index (χ4n) is 2.11. The molecule has 0 aliphatic heterocycles. The molecule has 0 fully saturated rings. The number of rotatable bonds is 6. The average Bonchev–Trinajstić information content (AvgIpc) is 2.39. The molecule has 1 atom stereocenters. The lowest BCUT2D eigenvalue weighted by Gasteiger charge is -2.28. The van der Waals surface area contributed by atoms with Crippen LogP contribution < -0.4 is 11.3 Å². The molecular weight excluding hydrogens is 242 g/mol. The van der Waals surface area contributed by atoms with Gasteiger partial charge in [0.1, 0.15) is 0 Å². The second-order valence-corrected chi connectivity index (χ2v) is 4.59. The largest absolute Gasteiger partial charge is 0.383 e. The van der Waals surface area contributed by atoms with Crippen LogP contribution in [0.1, 0.15) is 29.8 Å². The third kappa shape index (κ3) is 3.68. The molecule has 5 nitrogen and oxygen atoms in total. The molecule has 1 rings (SSSR count). The molecule has 5 heteroatoms. The second kappa shape index (κ2) is 7.11. The maximum Gasteiger partial charge on any atom is 0.256 e. The van der Waals surface area contributed by atoms with Crippen LogP contribution in [0.25, 0.3) is 0 Å². The number of nitrogen functional groups attached to an aromatic ring is 1. The van der Waals surface area contributed by atoms with Crippen molar-refractivity contribution in [1.29, 1.82) is 0 Å². The van der Waals surface area contributed by atoms with Gasteiger partial charge in [-0.15, -0.1) is 0 Å². The molecule has 0 radical (unpaired) electrons. The van der Waals surface area contributed by atoms with Crippen molar-refractivity contribution >= 4 is 11.6 Å². The van der Waals surface area contributed by atoms with Gasteiger partial charge in [-0.2, -0.15) is 0 Å². The molecule has 0 aliphatic carbocycles. The zero-order valence-electron chi connectivity index (χ0n) is 12.1. The van der Waals surface area contributed by atoms with Crippen LogP contribution >= 0.6 is 0 Å². The number of hydrogen-bond donors (Lipinski definition) is 2. The number of hydrogen-bond acceptors (Lipinski definition) is 4. The Morgan fingerprint density at radius 1 is 1.53 bits per heavy atom. The molecule has 0 spiro atoms. The molecule has 1 aromatic rings. The Morgan fingerprint density at radius 3 is 2.74 bits per heavy atom. The Bertz CT molecular complexity index is 435. The van der Waals surface area contributed by atoms with Crippen LogP contribution in [0.3, 0.4) is 0 Å². The van der Waals surface area contributed by atoms with Crippen molar-refractivity contribution in [2.24, 2.45) is 5.84 Å². The van der Waals surface area contributed by atoms with E-state index in [-0.39, 0.29) is 11.9 Å². The summed E-state index contributed by atoms with van der Waals surface area (Å²) < 4.78 is 5.11. The monoisotopic (exact) mass is 265 g/mol. The number of methoxy groups -OCH3 is 1. The zero-order valence-corrected chi connectivity index (χ0v) is 12.1. The van der Waals surface area contributed by atoms with Gasteiger partial charge in [-0.05, 0) is 38.5 Å². The van der Waals surface area contributed by atoms with Crippen LogP contribution in [0, 0.1) is 6.92 Å². The molecule has 0 heterocycles. The smallest absolute Gasteiger partial charge is 0.256 e. The van der Waals surface area contributed by atoms with Gasteiger partial charge in [0.2, 0.25) is 0 Å². The summed E-state index contributed by atoms with van der Waals surface area (Å²) in [5.41, 5.74) is 4.87. The maximum absolute atomic E-state index is 12.6. The molecule has 3 N–H and O–H groups in total. The number of anilines is 1. The first-order valence-electron chi connectivity index (χ1n) is 6.42. The highest BCUT2D eigenvalue weighted by molar-refractivity contribution is 5.99. The summed E-state index contributed by atoms with van der Waals surface area (Å²) in [7, 11) is 1.63. The molecule has 0 aromatic heterocycles. The van der Waals surface area contributed by atoms with Crippen LogP contribution in [0.5, 0.6) is 0 Å². The average molecular weight is 265 g/mol. The van der Waals surface area contributed by atoms with E-state index < -0.39 is 0 Å². The summed E-state index contributed by atoms with van der Waals surface area (Å²) >= 11 is 0. The van der Waals surface area contributed by atoms with Gasteiger partial charge in [-0.25, -0.2) is 0 Å². The Kier molecular flexibility index (Phi) is 5.79. The van der Waals surface area contributed by atoms with E-state index in [4.69, 9.17) is 10.6 Å². The van der Waals surface area contributed by atoms with Gasteiger partial charge in [0.25, 0.3) is 5.91 Å². The number of likely N-dealkylation sites (N-methyl/N-ethyl adjacent to an activating group) is 1. The predicted molar refractivity (Wildman–Crippen MR) is 77.0 cm³/mol. The molecule has 0 bridgehead atoms. The fourth-order valence-corrected chi connectivity index (χ4v) is 2.11. The number of ether oxygens (including phenoxy) is 1. The topological polar surface area (TPSA) is 67.6 Å². The minimum absolute atomic E-state index is 0.0226. The Labute approximate surface area is 114 Å². The van der Waals surface area contributed by atoms with E-state index in [1.165, 1.54) is 0 Å². The van der Waals surface area contributed by atoms with E-state index in [1.807, 2.05) is 32.9 Å². The Morgan fingerprint density at radius 2 is 2.21 bits per heavy atom. The molecule has 1 aromatic carbocycles. The van der Waals surface area contributed by atoms with Crippen LogP contribution in [-0.2, 0) is 4.74 Å². The maximum atomic E-state index is 12.6. The van der Waals surface area contributed by atoms with E-state index in [9.17, 15) is 4.79 Å². The predicted octanol–water partition coefficient (Wildman–Crippen LogP) is 1.78. The molecule has 0 saturated carbocycles. The molecular formula is C14H23N3O2. The molecule has 0 saturated heterocycles. The highest BCUT2D eigenvalue weighted by Gasteiger charge is 2.22. The number of benzene rings is 1. The van der Waals surface area contributed by atoms with Crippen molar-refractivity contribution in [3.05, 3.63) is 29.3 Å². The first-order chi connectivity index (χ1) is 9.04. The Balaban J connectivity index is 3.03. The minimum Gasteiger partial charge on any atom is -0.383 e. The number of amides is 1. The van der Waals surface area contributed by atoms with Gasteiger partial charge in [-0.1, -0.05) is 6.07 Å². The normalized spacial score (nSPS) is 12.1. The number of nitrogens with zero attached hydrogens (tertiary/aromatic N) is 1. The highest BCUT2D eigenvalue weighted by Crippen LogP contribution is 2.19. The summed E-state index contributed by atoms with van der Waals surface area (Å²) in [6.45, 7) is 7.01. The van der Waals surface area contributed by atoms with Crippen molar-refractivity contribution in [2.75, 3.05) is 25.7 Å². The zero-order chi connectivity index (χ0) is 14.4. The standard InChI is InChI=1S/C14H23N3O2/c1-5-17(11(3)9-19-4)14(18)12-7-6-10(2)8-13(12)16-15/h6-8,11,16H,5,9,15H2,1-4H3. The van der Waals surface area contributed by atoms with E-state index in [2.05, 4.69) is 5.43 Å². The summed E-state index contributed by atoms with van der Waals surface area (Å²) in [6, 6.07) is 5.59. The fraction of sp³-hybridized carbons (Fsp3) is 0.500. The first kappa shape index (κ1) is 15.5. The summed E-state index contributed by atoms with van der Waals surface area (Å²) in [6.07, 6.45) is 0. The van der Waals surface area contributed by atoms with Gasteiger partial charge in [0.15, 0.2) is 0 Å². The third-order valence-electron chi connectivity index (χ3n) is 3.10. The second-order valence-electron chi connectivity index (χ2n) is 4.59. The van der Waals surface area contributed by atoms with Crippen molar-refractivity contribution in [3.8, 4) is 0 Å². The lowest BCUT2D eigenvalue weighted by atomic mass is 10.1. The molecule has 19 heavy (non-hydrogen) atoms. The van der Waals surface area contributed by atoms with Crippen LogP contribution in [0.4, 0.5) is 5.69 Å². The summed E-state index contributed by atoms with van der Waals surface area (Å²) in [5, 5.41) is 0. The van der Waals surface area contributed by atoms with Crippen LogP contribution in [-0.4, -0.2) is 37.1 Å². The lowest BCUT2D eigenvalue weighted by Crippen LogP contribution is -2.41.